The van der Waals surface area contributed by atoms with Crippen LogP contribution < -0.4 is 0 Å². The predicted molar refractivity (Wildman–Crippen MR) is 100 cm³/mol. The van der Waals surface area contributed by atoms with Crippen LogP contribution in [0.25, 0.3) is 0 Å². The number of aromatic nitrogens is 2. The molecule has 0 atom stereocenters. The van der Waals surface area contributed by atoms with Crippen molar-refractivity contribution in [1.29, 1.82) is 0 Å². The summed E-state index contributed by atoms with van der Waals surface area (Å²) in [5.41, 5.74) is 3.02. The topological polar surface area (TPSA) is 17.8 Å². The molecule has 0 saturated heterocycles. The lowest BCUT2D eigenvalue weighted by Crippen LogP contribution is -2.19. The first kappa shape index (κ1) is 19.1. The summed E-state index contributed by atoms with van der Waals surface area (Å²) in [6, 6.07) is 0. The van der Waals surface area contributed by atoms with Crippen LogP contribution in [0.15, 0.2) is 12.4 Å². The molecule has 4 heteroatoms. The van der Waals surface area contributed by atoms with Gasteiger partial charge in [0.2, 0.25) is 0 Å². The first-order chi connectivity index (χ1) is 9.68. The second-order valence-electron chi connectivity index (χ2n) is 7.04. The highest BCUT2D eigenvalue weighted by atomic mass is 31.2. The van der Waals surface area contributed by atoms with Crippen LogP contribution in [0.1, 0.15) is 66.6 Å². The van der Waals surface area contributed by atoms with Crippen LogP contribution in [0, 0.1) is 0 Å². The van der Waals surface area contributed by atoms with E-state index in [-0.39, 0.29) is 15.8 Å². The molecule has 0 aliphatic heterocycles. The van der Waals surface area contributed by atoms with Gasteiger partial charge in [0, 0.05) is 19.4 Å². The van der Waals surface area contributed by atoms with Crippen LogP contribution in [0.3, 0.4) is 0 Å². The quantitative estimate of drug-likeness (QED) is 0.560. The van der Waals surface area contributed by atoms with Gasteiger partial charge in [0.25, 0.3) is 0 Å². The minimum absolute atomic E-state index is 0.0676. The van der Waals surface area contributed by atoms with E-state index < -0.39 is 0 Å². The highest BCUT2D eigenvalue weighted by molar-refractivity contribution is 7.76. The molecule has 0 bridgehead atoms. The van der Waals surface area contributed by atoms with Crippen molar-refractivity contribution < 1.29 is 0 Å². The average Bonchev–Trinajstić information content (AvgIpc) is 2.72. The Morgan fingerprint density at radius 2 is 1.19 bits per heavy atom. The lowest BCUT2D eigenvalue weighted by atomic mass is 10.5. The highest BCUT2D eigenvalue weighted by Crippen LogP contribution is 2.74. The Labute approximate surface area is 134 Å². The van der Waals surface area contributed by atoms with Crippen LogP contribution in [-0.2, 0) is 7.05 Å². The fraction of sp³-hybridized carbons (Fsp3) is 0.824. The molecule has 0 unspecified atom stereocenters. The largest absolute Gasteiger partial charge is 0.337 e. The predicted octanol–water partition coefficient (Wildman–Crippen LogP) is 6.02. The Morgan fingerprint density at radius 3 is 1.43 bits per heavy atom. The summed E-state index contributed by atoms with van der Waals surface area (Å²) in [5.74, 6) is 1.33. The number of imidazole rings is 1. The zero-order chi connectivity index (χ0) is 16.3. The second-order valence-corrected chi connectivity index (χ2v) is 14.4. The lowest BCUT2D eigenvalue weighted by Gasteiger charge is -2.42. The molecular formula is C17H34N2P2. The van der Waals surface area contributed by atoms with Gasteiger partial charge in [-0.2, -0.15) is 0 Å². The van der Waals surface area contributed by atoms with Gasteiger partial charge in [-0.25, -0.2) is 4.98 Å². The van der Waals surface area contributed by atoms with Crippen LogP contribution in [0.2, 0.25) is 0 Å². The second kappa shape index (κ2) is 8.07. The Hall–Kier alpha value is 0.0700. The zero-order valence-corrected chi connectivity index (χ0v) is 17.1. The molecule has 1 rings (SSSR count). The van der Waals surface area contributed by atoms with E-state index in [1.807, 2.05) is 6.20 Å². The molecule has 1 aromatic heterocycles. The summed E-state index contributed by atoms with van der Waals surface area (Å²) in [6.07, 6.45) is 4.09. The SMILES string of the molecule is CC(C)P(C(C)C)C(c1nccn1C)P(C(C)C)C(C)C. The summed E-state index contributed by atoms with van der Waals surface area (Å²) in [6.45, 7) is 19.3. The normalized spacial score (nSPS) is 13.1. The summed E-state index contributed by atoms with van der Waals surface area (Å²) in [4.78, 5) is 4.78. The van der Waals surface area contributed by atoms with Gasteiger partial charge in [0.15, 0.2) is 0 Å². The van der Waals surface area contributed by atoms with Crippen molar-refractivity contribution >= 4 is 15.8 Å². The molecule has 0 saturated carbocycles. The molecule has 21 heavy (non-hydrogen) atoms. The van der Waals surface area contributed by atoms with E-state index in [4.69, 9.17) is 4.98 Å². The summed E-state index contributed by atoms with van der Waals surface area (Å²) >= 11 is 0. The fourth-order valence-corrected chi connectivity index (χ4v) is 13.5. The molecule has 0 radical (unpaired) electrons. The van der Waals surface area contributed by atoms with Crippen molar-refractivity contribution in [2.75, 3.05) is 0 Å². The van der Waals surface area contributed by atoms with Crippen molar-refractivity contribution in [3.63, 3.8) is 0 Å². The third-order valence-electron chi connectivity index (χ3n) is 4.04. The summed E-state index contributed by atoms with van der Waals surface area (Å²) < 4.78 is 2.27. The molecule has 0 aromatic carbocycles. The van der Waals surface area contributed by atoms with Crippen molar-refractivity contribution in [2.24, 2.45) is 7.05 Å². The standard InChI is InChI=1S/C17H34N2P2/c1-12(2)20(13(3)4)17(16-18-10-11-19(16)9)21(14(5)6)15(7)8/h10-15,17H,1-9H3. The Bertz CT molecular complexity index is 388. The highest BCUT2D eigenvalue weighted by Gasteiger charge is 2.38. The van der Waals surface area contributed by atoms with Gasteiger partial charge < -0.3 is 4.57 Å². The molecule has 122 valence electrons. The molecule has 1 aromatic rings. The smallest absolute Gasteiger partial charge is 0.120 e. The number of hydrogen-bond acceptors (Lipinski definition) is 1. The maximum Gasteiger partial charge on any atom is 0.120 e. The molecule has 0 aliphatic carbocycles. The molecule has 0 N–H and O–H groups in total. The summed E-state index contributed by atoms with van der Waals surface area (Å²) in [5, 5.41) is 0.662. The number of rotatable bonds is 7. The molecule has 0 aliphatic rings. The molecule has 0 amide bonds. The summed E-state index contributed by atoms with van der Waals surface area (Å²) in [7, 11) is 2.03. The van der Waals surface area contributed by atoms with Crippen LogP contribution in [-0.4, -0.2) is 32.2 Å². The van der Waals surface area contributed by atoms with Gasteiger partial charge in [0.05, 0.1) is 5.40 Å². The van der Waals surface area contributed by atoms with Crippen LogP contribution in [0.5, 0.6) is 0 Å². The van der Waals surface area contributed by atoms with E-state index >= 15 is 0 Å². The number of hydrogen-bond donors (Lipinski definition) is 0. The van der Waals surface area contributed by atoms with Crippen molar-refractivity contribution in [3.05, 3.63) is 18.2 Å². The Morgan fingerprint density at radius 1 is 0.810 bits per heavy atom. The van der Waals surface area contributed by atoms with Gasteiger partial charge in [-0.05, 0) is 22.6 Å². The van der Waals surface area contributed by atoms with Crippen LogP contribution in [0.4, 0.5) is 0 Å². The van der Waals surface area contributed by atoms with E-state index in [1.54, 1.807) is 0 Å². The number of aryl methyl sites for hydroxylation is 1. The van der Waals surface area contributed by atoms with Gasteiger partial charge in [-0.15, -0.1) is 0 Å². The van der Waals surface area contributed by atoms with Gasteiger partial charge >= 0.3 is 0 Å². The Kier molecular flexibility index (Phi) is 7.35. The van der Waals surface area contributed by atoms with E-state index in [2.05, 4.69) is 73.2 Å². The monoisotopic (exact) mass is 328 g/mol. The lowest BCUT2D eigenvalue weighted by molar-refractivity contribution is 0.819. The average molecular weight is 328 g/mol. The third kappa shape index (κ3) is 4.52. The van der Waals surface area contributed by atoms with Crippen molar-refractivity contribution in [1.82, 2.24) is 9.55 Å². The van der Waals surface area contributed by atoms with E-state index in [9.17, 15) is 0 Å². The maximum absolute atomic E-state index is 4.78. The van der Waals surface area contributed by atoms with Gasteiger partial charge in [-0.1, -0.05) is 71.2 Å². The number of nitrogens with zero attached hydrogens (tertiary/aromatic N) is 2. The molecule has 1 heterocycles. The van der Waals surface area contributed by atoms with Gasteiger partial charge in [-0.3, -0.25) is 0 Å². The first-order valence-corrected chi connectivity index (χ1v) is 11.3. The van der Waals surface area contributed by atoms with Gasteiger partial charge in [0.1, 0.15) is 5.82 Å². The molecule has 2 nitrogen and oxygen atoms in total. The maximum atomic E-state index is 4.78. The minimum atomic E-state index is -0.0676. The van der Waals surface area contributed by atoms with E-state index in [0.717, 1.165) is 22.6 Å². The van der Waals surface area contributed by atoms with Crippen molar-refractivity contribution in [3.8, 4) is 0 Å². The van der Waals surface area contributed by atoms with E-state index in [0.29, 0.717) is 5.40 Å². The first-order valence-electron chi connectivity index (χ1n) is 8.20. The van der Waals surface area contributed by atoms with Crippen LogP contribution >= 0.6 is 15.8 Å². The third-order valence-corrected chi connectivity index (χ3v) is 12.0. The molecule has 0 spiro atoms. The Balaban J connectivity index is 3.38. The molecule has 0 fully saturated rings. The van der Waals surface area contributed by atoms with Crippen molar-refractivity contribution in [2.45, 2.75) is 83.4 Å². The fourth-order valence-electron chi connectivity index (χ4n) is 3.37. The molecular weight excluding hydrogens is 294 g/mol. The minimum Gasteiger partial charge on any atom is -0.337 e. The van der Waals surface area contributed by atoms with E-state index in [1.165, 1.54) is 5.82 Å². The zero-order valence-electron chi connectivity index (χ0n) is 15.3.